The van der Waals surface area contributed by atoms with Gasteiger partial charge in [-0.1, -0.05) is 13.8 Å². The molecule has 0 unspecified atom stereocenters. The molecule has 0 atom stereocenters. The van der Waals surface area contributed by atoms with E-state index in [9.17, 15) is 83.1 Å². The SMILES string of the molecule is CCN(CC)CCCCNS(=O)(=O)C(F)(F)C(F)(F)C(F)(F)C(F)(F)C(F)(F)C(F)(F)C(F)(F)C(F)(F)F. The van der Waals surface area contributed by atoms with Crippen LogP contribution in [-0.4, -0.2) is 86.5 Å². The first-order chi connectivity index (χ1) is 16.5. The van der Waals surface area contributed by atoms with E-state index in [1.807, 2.05) is 0 Å². The Kier molecular flexibility index (Phi) is 10.5. The third kappa shape index (κ3) is 5.62. The predicted octanol–water partition coefficient (Wildman–Crippen LogP) is 5.99. The number of hydrogen-bond acceptors (Lipinski definition) is 3. The lowest BCUT2D eigenvalue weighted by Gasteiger charge is -2.42. The number of nitrogens with one attached hydrogen (secondary N) is 1. The maximum absolute atomic E-state index is 13.9. The normalized spacial score (nSPS) is 15.9. The number of sulfonamides is 1. The second-order valence-corrected chi connectivity index (χ2v) is 9.40. The summed E-state index contributed by atoms with van der Waals surface area (Å²) in [4.78, 5) is 1.68. The van der Waals surface area contributed by atoms with Crippen molar-refractivity contribution >= 4 is 10.0 Å². The monoisotopic (exact) mass is 626 g/mol. The number of halogens is 17. The lowest BCUT2D eigenvalue weighted by Crippen LogP contribution is -2.75. The van der Waals surface area contributed by atoms with E-state index >= 15 is 0 Å². The summed E-state index contributed by atoms with van der Waals surface area (Å²) in [5.74, 6) is -51.5. The van der Waals surface area contributed by atoms with Crippen LogP contribution in [0.25, 0.3) is 0 Å². The molecule has 22 heteroatoms. The number of rotatable bonds is 15. The van der Waals surface area contributed by atoms with Crippen molar-refractivity contribution in [2.45, 2.75) is 73.7 Å². The molecule has 1 N–H and O–H groups in total. The van der Waals surface area contributed by atoms with E-state index < -0.39 is 70.0 Å². The average Bonchev–Trinajstić information content (AvgIpc) is 2.74. The van der Waals surface area contributed by atoms with Gasteiger partial charge in [0, 0.05) is 6.54 Å². The number of hydrogen-bond donors (Lipinski definition) is 1. The molecule has 0 aliphatic rings. The van der Waals surface area contributed by atoms with Crippen molar-refractivity contribution in [1.82, 2.24) is 9.62 Å². The molecule has 0 heterocycles. The first-order valence-corrected chi connectivity index (χ1v) is 11.4. The van der Waals surface area contributed by atoms with Gasteiger partial charge in [0.2, 0.25) is 0 Å². The van der Waals surface area contributed by atoms with E-state index in [1.54, 1.807) is 18.7 Å². The van der Waals surface area contributed by atoms with Crippen molar-refractivity contribution in [1.29, 1.82) is 0 Å². The quantitative estimate of drug-likeness (QED) is 0.180. The third-order valence-electron chi connectivity index (χ3n) is 5.12. The number of alkyl halides is 17. The number of unbranched alkanes of at least 4 members (excludes halogenated alkanes) is 1. The van der Waals surface area contributed by atoms with Crippen LogP contribution in [0.3, 0.4) is 0 Å². The summed E-state index contributed by atoms with van der Waals surface area (Å²) >= 11 is 0. The molecule has 0 spiro atoms. The lowest BCUT2D eigenvalue weighted by molar-refractivity contribution is -0.458. The third-order valence-corrected chi connectivity index (χ3v) is 6.63. The van der Waals surface area contributed by atoms with Gasteiger partial charge in [-0.3, -0.25) is 0 Å². The molecule has 0 amide bonds. The molecular formula is C16H19F17N2O2S. The summed E-state index contributed by atoms with van der Waals surface area (Å²) < 4.78 is 248. The van der Waals surface area contributed by atoms with Crippen LogP contribution in [0.4, 0.5) is 74.6 Å². The second-order valence-electron chi connectivity index (χ2n) is 7.59. The molecule has 0 aliphatic carbocycles. The zero-order chi connectivity index (χ0) is 31.0. The van der Waals surface area contributed by atoms with Crippen molar-refractivity contribution < 1.29 is 83.1 Å². The molecule has 0 radical (unpaired) electrons. The molecular weight excluding hydrogens is 607 g/mol. The van der Waals surface area contributed by atoms with Gasteiger partial charge in [0.1, 0.15) is 0 Å². The van der Waals surface area contributed by atoms with Crippen LogP contribution in [0.15, 0.2) is 0 Å². The van der Waals surface area contributed by atoms with E-state index in [2.05, 4.69) is 0 Å². The maximum Gasteiger partial charge on any atom is 0.460 e. The van der Waals surface area contributed by atoms with Crippen molar-refractivity contribution in [3.05, 3.63) is 0 Å². The van der Waals surface area contributed by atoms with Crippen molar-refractivity contribution in [3.8, 4) is 0 Å². The van der Waals surface area contributed by atoms with Crippen molar-refractivity contribution in [3.63, 3.8) is 0 Å². The fourth-order valence-corrected chi connectivity index (χ4v) is 3.68. The fraction of sp³-hybridized carbons (Fsp3) is 1.00. The molecule has 0 bridgehead atoms. The molecule has 0 aromatic heterocycles. The smallest absolute Gasteiger partial charge is 0.304 e. The lowest BCUT2D eigenvalue weighted by atomic mass is 9.91. The summed E-state index contributed by atoms with van der Waals surface area (Å²) in [5, 5.41) is -7.52. The number of nitrogens with zero attached hydrogens (tertiary/aromatic N) is 1. The Morgan fingerprint density at radius 3 is 1.24 bits per heavy atom. The summed E-state index contributed by atoms with van der Waals surface area (Å²) in [6.45, 7) is 3.12. The molecule has 0 rings (SSSR count). The van der Waals surface area contributed by atoms with Crippen molar-refractivity contribution in [2.75, 3.05) is 26.2 Å². The van der Waals surface area contributed by atoms with Crippen LogP contribution < -0.4 is 4.72 Å². The predicted molar refractivity (Wildman–Crippen MR) is 94.6 cm³/mol. The van der Waals surface area contributed by atoms with Gasteiger partial charge in [-0.2, -0.15) is 74.6 Å². The molecule has 0 aromatic rings. The van der Waals surface area contributed by atoms with Gasteiger partial charge >= 0.3 is 47.0 Å². The van der Waals surface area contributed by atoms with E-state index in [4.69, 9.17) is 0 Å². The minimum Gasteiger partial charge on any atom is -0.304 e. The van der Waals surface area contributed by atoms with Crippen molar-refractivity contribution in [2.24, 2.45) is 0 Å². The van der Waals surface area contributed by atoms with E-state index in [0.29, 0.717) is 17.8 Å². The average molecular weight is 626 g/mol. The summed E-state index contributed by atoms with van der Waals surface area (Å²) in [7, 11) is -7.23. The van der Waals surface area contributed by atoms with Gasteiger partial charge in [-0.25, -0.2) is 13.1 Å². The Morgan fingerprint density at radius 1 is 0.553 bits per heavy atom. The van der Waals surface area contributed by atoms with Gasteiger partial charge in [-0.15, -0.1) is 0 Å². The molecule has 230 valence electrons. The largest absolute Gasteiger partial charge is 0.460 e. The Labute approximate surface area is 203 Å². The zero-order valence-electron chi connectivity index (χ0n) is 18.8. The van der Waals surface area contributed by atoms with Gasteiger partial charge in [-0.05, 0) is 32.5 Å². The summed E-state index contributed by atoms with van der Waals surface area (Å²) in [6.07, 6.45) is -8.38. The molecule has 4 nitrogen and oxygen atoms in total. The Hall–Kier alpha value is -1.32. The van der Waals surface area contributed by atoms with E-state index in [0.717, 1.165) is 0 Å². The first-order valence-electron chi connectivity index (χ1n) is 9.92. The van der Waals surface area contributed by atoms with Crippen LogP contribution in [-0.2, 0) is 10.0 Å². The van der Waals surface area contributed by atoms with Crippen LogP contribution in [0.2, 0.25) is 0 Å². The molecule has 0 saturated heterocycles. The van der Waals surface area contributed by atoms with Crippen LogP contribution in [0.5, 0.6) is 0 Å². The topological polar surface area (TPSA) is 49.4 Å². The Balaban J connectivity index is 6.29. The van der Waals surface area contributed by atoms with E-state index in [-0.39, 0.29) is 13.0 Å². The minimum absolute atomic E-state index is 0.0465. The summed E-state index contributed by atoms with van der Waals surface area (Å²) in [5.41, 5.74) is 0. The zero-order valence-corrected chi connectivity index (χ0v) is 19.7. The Morgan fingerprint density at radius 2 is 0.895 bits per heavy atom. The maximum atomic E-state index is 13.9. The van der Waals surface area contributed by atoms with Gasteiger partial charge < -0.3 is 4.90 Å². The fourth-order valence-electron chi connectivity index (χ4n) is 2.62. The second kappa shape index (κ2) is 10.9. The van der Waals surface area contributed by atoms with Gasteiger partial charge in [0.05, 0.1) is 0 Å². The van der Waals surface area contributed by atoms with Gasteiger partial charge in [0.15, 0.2) is 0 Å². The van der Waals surface area contributed by atoms with Gasteiger partial charge in [0.25, 0.3) is 10.0 Å². The highest BCUT2D eigenvalue weighted by Crippen LogP contribution is 2.64. The highest BCUT2D eigenvalue weighted by molar-refractivity contribution is 7.90. The summed E-state index contributed by atoms with van der Waals surface area (Å²) in [6, 6.07) is 0. The molecule has 38 heavy (non-hydrogen) atoms. The van der Waals surface area contributed by atoms with Crippen LogP contribution in [0, 0.1) is 0 Å². The standard InChI is InChI=1S/C16H19F17N2O2S/c1-3-35(4-2)8-6-5-7-34-38(36,37)16(32,33)14(27,28)12(23,24)10(19,20)9(17,18)11(21,22)13(25,26)15(29,30)31/h34H,3-8H2,1-2H3. The molecule has 0 saturated carbocycles. The van der Waals surface area contributed by atoms with Crippen LogP contribution >= 0.6 is 0 Å². The molecule has 0 fully saturated rings. The minimum atomic E-state index is -8.83. The molecule has 0 aromatic carbocycles. The first kappa shape index (κ1) is 36.7. The highest BCUT2D eigenvalue weighted by Gasteiger charge is 2.96. The molecule has 0 aliphatic heterocycles. The highest BCUT2D eigenvalue weighted by atomic mass is 32.2. The van der Waals surface area contributed by atoms with E-state index in [1.165, 1.54) is 0 Å². The van der Waals surface area contributed by atoms with Crippen LogP contribution in [0.1, 0.15) is 26.7 Å². The Bertz CT molecular complexity index is 898.